The number of rotatable bonds is 0. The van der Waals surface area contributed by atoms with Crippen LogP contribution in [0.3, 0.4) is 0 Å². The van der Waals surface area contributed by atoms with E-state index in [0.29, 0.717) is 0 Å². The number of hydrogen-bond donors (Lipinski definition) is 0. The van der Waals surface area contributed by atoms with Crippen LogP contribution < -0.4 is 12.4 Å². The van der Waals surface area contributed by atoms with Gasteiger partial charge in [0, 0.05) is 10.4 Å². The predicted octanol–water partition coefficient (Wildman–Crippen LogP) is -4.34. The molecule has 0 aromatic heterocycles. The monoisotopic (exact) mass is 190 g/mol. The zero-order valence-corrected chi connectivity index (χ0v) is 5.37. The van der Waals surface area contributed by atoms with Gasteiger partial charge >= 0.3 is 16.8 Å². The van der Waals surface area contributed by atoms with Gasteiger partial charge in [0.2, 0.25) is 0 Å². The van der Waals surface area contributed by atoms with E-state index in [-0.39, 0.29) is 29.2 Å². The van der Waals surface area contributed by atoms with Gasteiger partial charge in [-0.15, -0.1) is 0 Å². The number of halogens is 1. The maximum absolute atomic E-state index is 8.52. The van der Waals surface area contributed by atoms with E-state index in [1.54, 1.807) is 0 Å². The minimum absolute atomic E-state index is 0. The Hall–Kier alpha value is 0.666. The van der Waals surface area contributed by atoms with Gasteiger partial charge < -0.3 is 21.5 Å². The Balaban J connectivity index is -0.0000000800. The molecule has 0 aromatic carbocycles. The largest absolute Gasteiger partial charge is 3.00 e. The van der Waals surface area contributed by atoms with Gasteiger partial charge in [0.1, 0.15) is 0 Å². The van der Waals surface area contributed by atoms with Crippen LogP contribution >= 0.6 is 0 Å². The molecule has 0 fully saturated rings. The summed E-state index contributed by atoms with van der Waals surface area (Å²) in [6.07, 6.45) is 0. The van der Waals surface area contributed by atoms with E-state index in [4.69, 9.17) is 17.5 Å². The summed E-state index contributed by atoms with van der Waals surface area (Å²) in [5.74, 6) is 0. The normalized spacial score (nSPS) is 8.29. The summed E-state index contributed by atoms with van der Waals surface area (Å²) in [5, 5.41) is 0. The summed E-state index contributed by atoms with van der Waals surface area (Å²) in [6.45, 7) is 0. The second-order valence-electron chi connectivity index (χ2n) is 0.408. The van der Waals surface area contributed by atoms with E-state index < -0.39 is 10.4 Å². The van der Waals surface area contributed by atoms with E-state index in [0.717, 1.165) is 0 Å². The fourth-order valence-electron chi connectivity index (χ4n) is 0. The van der Waals surface area contributed by atoms with Gasteiger partial charge in [0.05, 0.1) is 0 Å². The molecule has 0 saturated heterocycles. The Kier molecular flexibility index (Phi) is 10.8. The van der Waals surface area contributed by atoms with Gasteiger partial charge in [-0.3, -0.25) is 8.42 Å². The molecule has 0 bridgehead atoms. The first-order valence-electron chi connectivity index (χ1n) is 0.667. The van der Waals surface area contributed by atoms with Crippen molar-refractivity contribution in [1.29, 1.82) is 0 Å². The van der Waals surface area contributed by atoms with Crippen LogP contribution in [0.1, 0.15) is 0 Å². The van der Waals surface area contributed by atoms with Crippen molar-refractivity contribution in [3.05, 3.63) is 0 Å². The Bertz CT molecular complexity index is 94.9. The summed E-state index contributed by atoms with van der Waals surface area (Å²) in [4.78, 5) is 0. The molecule has 0 aliphatic rings. The van der Waals surface area contributed by atoms with Crippen molar-refractivity contribution in [3.63, 3.8) is 0 Å². The topological polar surface area (TPSA) is 80.3 Å². The van der Waals surface area contributed by atoms with Crippen molar-refractivity contribution in [1.82, 2.24) is 0 Å². The minimum Gasteiger partial charge on any atom is -1.00 e. The molecule has 0 atom stereocenters. The molecular formula is ClCoO4S. The molecule has 0 spiro atoms. The van der Waals surface area contributed by atoms with Crippen molar-refractivity contribution >= 4 is 10.4 Å². The van der Waals surface area contributed by atoms with E-state index in [1.165, 1.54) is 0 Å². The Morgan fingerprint density at radius 2 is 1.14 bits per heavy atom. The quantitative estimate of drug-likeness (QED) is 0.286. The molecule has 0 amide bonds. The molecule has 0 N–H and O–H groups in total. The Labute approximate surface area is 57.5 Å². The molecule has 0 aromatic rings. The first-order valence-corrected chi connectivity index (χ1v) is 2.00. The van der Waals surface area contributed by atoms with Crippen LogP contribution in [0.4, 0.5) is 0 Å². The SMILES string of the molecule is O=S(=O)([O-])[O-].[Cl-].[Co+3]. The third-order valence-electron chi connectivity index (χ3n) is 0. The van der Waals surface area contributed by atoms with E-state index >= 15 is 0 Å². The molecule has 0 heterocycles. The second-order valence-corrected chi connectivity index (χ2v) is 1.22. The fourth-order valence-corrected chi connectivity index (χ4v) is 0. The van der Waals surface area contributed by atoms with Crippen LogP contribution in [0.25, 0.3) is 0 Å². The van der Waals surface area contributed by atoms with Gasteiger partial charge in [-0.1, -0.05) is 0 Å². The number of hydrogen-bond acceptors (Lipinski definition) is 4. The Morgan fingerprint density at radius 3 is 1.14 bits per heavy atom. The molecule has 0 saturated carbocycles. The van der Waals surface area contributed by atoms with Gasteiger partial charge in [0.25, 0.3) is 0 Å². The molecule has 0 radical (unpaired) electrons. The molecule has 0 aliphatic carbocycles. The van der Waals surface area contributed by atoms with Gasteiger partial charge in [0.15, 0.2) is 0 Å². The summed E-state index contributed by atoms with van der Waals surface area (Å²) in [6, 6.07) is 0. The van der Waals surface area contributed by atoms with Crippen LogP contribution in [0.2, 0.25) is 0 Å². The third kappa shape index (κ3) is 327. The van der Waals surface area contributed by atoms with Crippen molar-refractivity contribution < 1.29 is 46.7 Å². The molecule has 0 rings (SSSR count). The van der Waals surface area contributed by atoms with Crippen molar-refractivity contribution in [2.45, 2.75) is 0 Å². The first-order chi connectivity index (χ1) is 2.00. The zero-order valence-electron chi connectivity index (χ0n) is 2.75. The van der Waals surface area contributed by atoms with Crippen molar-refractivity contribution in [2.24, 2.45) is 0 Å². The van der Waals surface area contributed by atoms with Crippen LogP contribution in [0.5, 0.6) is 0 Å². The standard InChI is InChI=1S/ClH.Co.H2O4S/c;;1-5(2,3)4/h1H;;(H2,1,2,3,4)/q;+3;/p-3. The zero-order chi connectivity index (χ0) is 4.50. The van der Waals surface area contributed by atoms with Gasteiger partial charge in [-0.25, -0.2) is 0 Å². The van der Waals surface area contributed by atoms with E-state index in [9.17, 15) is 0 Å². The molecule has 7 heteroatoms. The van der Waals surface area contributed by atoms with Crippen LogP contribution in [-0.2, 0) is 27.2 Å². The molecular weight excluding hydrogens is 190 g/mol. The van der Waals surface area contributed by atoms with E-state index in [1.807, 2.05) is 0 Å². The maximum atomic E-state index is 8.52. The minimum atomic E-state index is -5.17. The predicted molar refractivity (Wildman–Crippen MR) is 10.5 cm³/mol. The van der Waals surface area contributed by atoms with Crippen LogP contribution in [0.15, 0.2) is 0 Å². The molecule has 0 unspecified atom stereocenters. The summed E-state index contributed by atoms with van der Waals surface area (Å²) >= 11 is 0. The summed E-state index contributed by atoms with van der Waals surface area (Å²) in [7, 11) is -5.17. The van der Waals surface area contributed by atoms with Gasteiger partial charge in [-0.2, -0.15) is 0 Å². The van der Waals surface area contributed by atoms with E-state index in [2.05, 4.69) is 0 Å². The molecule has 46 valence electrons. The van der Waals surface area contributed by atoms with Gasteiger partial charge in [-0.05, 0) is 0 Å². The van der Waals surface area contributed by atoms with Crippen LogP contribution in [-0.4, -0.2) is 17.5 Å². The maximum Gasteiger partial charge on any atom is 3.00 e. The van der Waals surface area contributed by atoms with Crippen molar-refractivity contribution in [2.75, 3.05) is 0 Å². The van der Waals surface area contributed by atoms with Crippen molar-refractivity contribution in [3.8, 4) is 0 Å². The second kappa shape index (κ2) is 4.82. The fraction of sp³-hybridized carbons (Fsp3) is 0. The molecule has 7 heavy (non-hydrogen) atoms. The molecule has 0 aliphatic heterocycles. The summed E-state index contributed by atoms with van der Waals surface area (Å²) in [5.41, 5.74) is 0. The average Bonchev–Trinajstić information content (AvgIpc) is 0.722. The third-order valence-corrected chi connectivity index (χ3v) is 0. The average molecular weight is 190 g/mol. The summed E-state index contributed by atoms with van der Waals surface area (Å²) < 4.78 is 34.1. The smallest absolute Gasteiger partial charge is 1.00 e. The first kappa shape index (κ1) is 15.6. The molecule has 4 nitrogen and oxygen atoms in total. The Morgan fingerprint density at radius 1 is 1.14 bits per heavy atom. The van der Waals surface area contributed by atoms with Crippen LogP contribution in [0, 0.1) is 0 Å².